The van der Waals surface area contributed by atoms with Crippen LogP contribution >= 0.6 is 0 Å². The molecule has 92 valence electrons. The van der Waals surface area contributed by atoms with Gasteiger partial charge >= 0.3 is 0 Å². The molecule has 0 saturated heterocycles. The summed E-state index contributed by atoms with van der Waals surface area (Å²) in [5.74, 6) is 0.0564. The Hall–Kier alpha value is -1.35. The second-order valence-electron chi connectivity index (χ2n) is 4.65. The van der Waals surface area contributed by atoms with E-state index in [0.717, 1.165) is 30.4 Å². The molecule has 3 N–H and O–H groups in total. The van der Waals surface area contributed by atoms with Gasteiger partial charge in [-0.15, -0.1) is 0 Å². The van der Waals surface area contributed by atoms with Crippen LogP contribution < -0.4 is 11.1 Å². The Kier molecular flexibility index (Phi) is 4.15. The van der Waals surface area contributed by atoms with Crippen molar-refractivity contribution in [1.82, 2.24) is 5.32 Å². The Balaban J connectivity index is 2.06. The predicted octanol–water partition coefficient (Wildman–Crippen LogP) is 1.86. The second-order valence-corrected chi connectivity index (χ2v) is 4.65. The van der Waals surface area contributed by atoms with E-state index in [1.54, 1.807) is 0 Å². The van der Waals surface area contributed by atoms with Gasteiger partial charge in [0.15, 0.2) is 0 Å². The van der Waals surface area contributed by atoms with Gasteiger partial charge in [-0.1, -0.05) is 31.0 Å². The molecule has 0 radical (unpaired) electrons. The molecule has 0 spiro atoms. The Bertz CT molecular complexity index is 384. The van der Waals surface area contributed by atoms with Crippen LogP contribution in [0.3, 0.4) is 0 Å². The summed E-state index contributed by atoms with van der Waals surface area (Å²) >= 11 is 0. The van der Waals surface area contributed by atoms with Crippen LogP contribution in [0.1, 0.15) is 41.6 Å². The highest BCUT2D eigenvalue weighted by molar-refractivity contribution is 5.95. The van der Waals surface area contributed by atoms with Gasteiger partial charge in [0.1, 0.15) is 0 Å². The molecule has 1 aromatic carbocycles. The number of hydrogen-bond donors (Lipinski definition) is 2. The van der Waals surface area contributed by atoms with Crippen molar-refractivity contribution >= 4 is 5.91 Å². The smallest absolute Gasteiger partial charge is 0.251 e. The van der Waals surface area contributed by atoms with E-state index in [9.17, 15) is 4.79 Å². The van der Waals surface area contributed by atoms with E-state index in [4.69, 9.17) is 5.73 Å². The SMILES string of the molecule is NCCc1ccccc1C(=O)NC1CCCC1. The highest BCUT2D eigenvalue weighted by Gasteiger charge is 2.19. The monoisotopic (exact) mass is 232 g/mol. The van der Waals surface area contributed by atoms with Gasteiger partial charge in [0, 0.05) is 11.6 Å². The van der Waals surface area contributed by atoms with E-state index in [1.165, 1.54) is 12.8 Å². The third-order valence-electron chi connectivity index (χ3n) is 3.37. The van der Waals surface area contributed by atoms with Crippen molar-refractivity contribution in [3.63, 3.8) is 0 Å². The number of benzene rings is 1. The van der Waals surface area contributed by atoms with Gasteiger partial charge in [-0.05, 0) is 37.4 Å². The zero-order valence-electron chi connectivity index (χ0n) is 10.1. The standard InChI is InChI=1S/C14H20N2O/c15-10-9-11-5-1-4-8-13(11)14(17)16-12-6-2-3-7-12/h1,4-5,8,12H,2-3,6-7,9-10,15H2,(H,16,17). The van der Waals surface area contributed by atoms with E-state index >= 15 is 0 Å². The fraction of sp³-hybridized carbons (Fsp3) is 0.500. The van der Waals surface area contributed by atoms with Crippen LogP contribution in [0.15, 0.2) is 24.3 Å². The molecule has 0 heterocycles. The molecular formula is C14H20N2O. The maximum Gasteiger partial charge on any atom is 0.251 e. The molecule has 2 rings (SSSR count). The van der Waals surface area contributed by atoms with E-state index in [2.05, 4.69) is 5.32 Å². The van der Waals surface area contributed by atoms with Crippen molar-refractivity contribution in [2.45, 2.75) is 38.1 Å². The van der Waals surface area contributed by atoms with Crippen molar-refractivity contribution < 1.29 is 4.79 Å². The first-order valence-electron chi connectivity index (χ1n) is 6.40. The van der Waals surface area contributed by atoms with Gasteiger partial charge in [0.05, 0.1) is 0 Å². The van der Waals surface area contributed by atoms with Crippen molar-refractivity contribution in [2.75, 3.05) is 6.54 Å². The number of hydrogen-bond acceptors (Lipinski definition) is 2. The van der Waals surface area contributed by atoms with Crippen molar-refractivity contribution in [1.29, 1.82) is 0 Å². The summed E-state index contributed by atoms with van der Waals surface area (Å²) < 4.78 is 0. The van der Waals surface area contributed by atoms with Crippen molar-refractivity contribution in [3.8, 4) is 0 Å². The normalized spacial score (nSPS) is 16.1. The molecule has 0 aromatic heterocycles. The first kappa shape index (κ1) is 12.1. The first-order chi connectivity index (χ1) is 8.31. The number of nitrogens with two attached hydrogens (primary N) is 1. The van der Waals surface area contributed by atoms with Crippen LogP contribution in [0.25, 0.3) is 0 Å². The molecular weight excluding hydrogens is 212 g/mol. The molecule has 1 saturated carbocycles. The summed E-state index contributed by atoms with van der Waals surface area (Å²) in [6.45, 7) is 0.577. The predicted molar refractivity (Wildman–Crippen MR) is 68.9 cm³/mol. The van der Waals surface area contributed by atoms with Gasteiger partial charge in [0.25, 0.3) is 5.91 Å². The van der Waals surface area contributed by atoms with Gasteiger partial charge in [-0.2, -0.15) is 0 Å². The highest BCUT2D eigenvalue weighted by atomic mass is 16.1. The summed E-state index contributed by atoms with van der Waals surface area (Å²) in [4.78, 5) is 12.1. The van der Waals surface area contributed by atoms with E-state index in [0.29, 0.717) is 12.6 Å². The van der Waals surface area contributed by atoms with Gasteiger partial charge in [0.2, 0.25) is 0 Å². The average molecular weight is 232 g/mol. The van der Waals surface area contributed by atoms with Crippen molar-refractivity contribution in [2.24, 2.45) is 5.73 Å². The summed E-state index contributed by atoms with van der Waals surface area (Å²) in [7, 11) is 0. The number of carbonyl (C=O) groups excluding carboxylic acids is 1. The second kappa shape index (κ2) is 5.82. The summed E-state index contributed by atoms with van der Waals surface area (Å²) in [6.07, 6.45) is 5.45. The summed E-state index contributed by atoms with van der Waals surface area (Å²) in [5, 5.41) is 3.11. The van der Waals surface area contributed by atoms with E-state index in [-0.39, 0.29) is 5.91 Å². The third-order valence-corrected chi connectivity index (χ3v) is 3.37. The molecule has 1 aliphatic carbocycles. The molecule has 0 bridgehead atoms. The lowest BCUT2D eigenvalue weighted by Crippen LogP contribution is -2.33. The maximum atomic E-state index is 12.1. The molecule has 3 nitrogen and oxygen atoms in total. The van der Waals surface area contributed by atoms with Crippen LogP contribution in [0.2, 0.25) is 0 Å². The zero-order valence-corrected chi connectivity index (χ0v) is 10.1. The maximum absolute atomic E-state index is 12.1. The summed E-state index contributed by atoms with van der Waals surface area (Å²) in [6, 6.07) is 8.10. The number of amides is 1. The molecule has 0 unspecified atom stereocenters. The highest BCUT2D eigenvalue weighted by Crippen LogP contribution is 2.18. The molecule has 1 aromatic rings. The lowest BCUT2D eigenvalue weighted by atomic mass is 10.0. The molecule has 1 aliphatic rings. The van der Waals surface area contributed by atoms with Crippen LogP contribution in [0, 0.1) is 0 Å². The molecule has 1 amide bonds. The molecule has 1 fully saturated rings. The molecule has 0 atom stereocenters. The van der Waals surface area contributed by atoms with Crippen LogP contribution in [0.4, 0.5) is 0 Å². The minimum absolute atomic E-state index is 0.0564. The third kappa shape index (κ3) is 3.07. The van der Waals surface area contributed by atoms with E-state index < -0.39 is 0 Å². The molecule has 3 heteroatoms. The first-order valence-corrected chi connectivity index (χ1v) is 6.40. The Morgan fingerprint density at radius 2 is 2.00 bits per heavy atom. The lowest BCUT2D eigenvalue weighted by molar-refractivity contribution is 0.0937. The molecule has 0 aliphatic heterocycles. The topological polar surface area (TPSA) is 55.1 Å². The number of nitrogens with one attached hydrogen (secondary N) is 1. The molecule has 17 heavy (non-hydrogen) atoms. The largest absolute Gasteiger partial charge is 0.349 e. The number of rotatable bonds is 4. The quantitative estimate of drug-likeness (QED) is 0.832. The average Bonchev–Trinajstić information content (AvgIpc) is 2.83. The van der Waals surface area contributed by atoms with Crippen LogP contribution in [-0.2, 0) is 6.42 Å². The summed E-state index contributed by atoms with van der Waals surface area (Å²) in [5.41, 5.74) is 7.39. The fourth-order valence-corrected chi connectivity index (χ4v) is 2.45. The Morgan fingerprint density at radius 1 is 1.29 bits per heavy atom. The minimum atomic E-state index is 0.0564. The van der Waals surface area contributed by atoms with Crippen LogP contribution in [0.5, 0.6) is 0 Å². The van der Waals surface area contributed by atoms with Gasteiger partial charge in [-0.25, -0.2) is 0 Å². The van der Waals surface area contributed by atoms with Crippen molar-refractivity contribution in [3.05, 3.63) is 35.4 Å². The Morgan fingerprint density at radius 3 is 2.71 bits per heavy atom. The fourth-order valence-electron chi connectivity index (χ4n) is 2.45. The van der Waals surface area contributed by atoms with Gasteiger partial charge < -0.3 is 11.1 Å². The zero-order chi connectivity index (χ0) is 12.1. The number of carbonyl (C=O) groups is 1. The van der Waals surface area contributed by atoms with E-state index in [1.807, 2.05) is 24.3 Å². The van der Waals surface area contributed by atoms with Gasteiger partial charge in [-0.3, -0.25) is 4.79 Å². The lowest BCUT2D eigenvalue weighted by Gasteiger charge is -2.14. The Labute approximate surface area is 102 Å². The van der Waals surface area contributed by atoms with Crippen LogP contribution in [-0.4, -0.2) is 18.5 Å². The minimum Gasteiger partial charge on any atom is -0.349 e.